The Balaban J connectivity index is 1.77. The highest BCUT2D eigenvalue weighted by molar-refractivity contribution is 6.01. The highest BCUT2D eigenvalue weighted by Gasteiger charge is 2.24. The summed E-state index contributed by atoms with van der Waals surface area (Å²) in [6.45, 7) is 4.06. The molecule has 0 aliphatic carbocycles. The molecule has 1 aliphatic heterocycles. The lowest BCUT2D eigenvalue weighted by molar-refractivity contribution is -0.141. The van der Waals surface area contributed by atoms with Gasteiger partial charge in [0.2, 0.25) is 0 Å². The number of carbonyl (C=O) groups excluding carboxylic acids is 1. The number of hydrogen-bond acceptors (Lipinski definition) is 4. The van der Waals surface area contributed by atoms with Crippen molar-refractivity contribution in [2.75, 3.05) is 20.1 Å². The Kier molecular flexibility index (Phi) is 5.78. The molecule has 1 heterocycles. The maximum Gasteiger partial charge on any atom is 0.317 e. The zero-order valence-corrected chi connectivity index (χ0v) is 14.2. The van der Waals surface area contributed by atoms with E-state index in [0.717, 1.165) is 11.3 Å². The zero-order valence-electron chi connectivity index (χ0n) is 14.2. The normalized spacial score (nSPS) is 17.6. The predicted octanol–water partition coefficient (Wildman–Crippen LogP) is 1.85. The average molecular weight is 333 g/mol. The minimum atomic E-state index is -0.926. The Morgan fingerprint density at radius 3 is 2.71 bits per heavy atom. The van der Waals surface area contributed by atoms with Crippen LogP contribution in [0.3, 0.4) is 0 Å². The summed E-state index contributed by atoms with van der Waals surface area (Å²) < 4.78 is 0. The van der Waals surface area contributed by atoms with E-state index in [1.807, 2.05) is 31.2 Å². The highest BCUT2D eigenvalue weighted by Crippen LogP contribution is 2.16. The number of benzene rings is 1. The van der Waals surface area contributed by atoms with Gasteiger partial charge in [-0.1, -0.05) is 41.9 Å². The number of nitrogens with zero attached hydrogens (tertiary/aromatic N) is 2. The molecule has 0 spiro atoms. The van der Waals surface area contributed by atoms with E-state index in [0.29, 0.717) is 13.0 Å². The third-order valence-electron chi connectivity index (χ3n) is 3.91. The number of nitrogens with one attached hydrogen (secondary N) is 1. The van der Waals surface area contributed by atoms with Crippen molar-refractivity contribution >= 4 is 17.7 Å². The molecule has 0 saturated carbocycles. The van der Waals surface area contributed by atoms with Gasteiger partial charge in [-0.25, -0.2) is 4.79 Å². The van der Waals surface area contributed by atoms with E-state index in [2.05, 4.69) is 10.5 Å². The van der Waals surface area contributed by atoms with Crippen LogP contribution in [0.1, 0.15) is 24.5 Å². The molecule has 2 N–H and O–H groups in total. The molecule has 130 valence electrons. The lowest BCUT2D eigenvalue weighted by Gasteiger charge is -2.20. The van der Waals surface area contributed by atoms with Gasteiger partial charge in [0, 0.05) is 20.0 Å². The van der Waals surface area contributed by atoms with Crippen LogP contribution in [-0.4, -0.2) is 54.0 Å². The fourth-order valence-electron chi connectivity index (χ4n) is 2.36. The molecule has 2 amide bonds. The molecule has 2 unspecified atom stereocenters. The Labute approximate surface area is 141 Å². The number of aliphatic carboxylic acids is 1. The Hall–Kier alpha value is -2.57. The molecule has 0 bridgehead atoms. The molecule has 1 aromatic rings. The van der Waals surface area contributed by atoms with Crippen molar-refractivity contribution in [3.05, 3.63) is 35.4 Å². The monoisotopic (exact) mass is 333 g/mol. The van der Waals surface area contributed by atoms with Crippen LogP contribution < -0.4 is 5.32 Å². The molecule has 2 rings (SSSR count). The van der Waals surface area contributed by atoms with Crippen LogP contribution in [0.15, 0.2) is 29.4 Å². The van der Waals surface area contributed by atoms with Crippen molar-refractivity contribution in [2.24, 2.45) is 11.1 Å². The van der Waals surface area contributed by atoms with E-state index >= 15 is 0 Å². The highest BCUT2D eigenvalue weighted by atomic mass is 16.6. The van der Waals surface area contributed by atoms with E-state index < -0.39 is 11.9 Å². The Morgan fingerprint density at radius 2 is 2.08 bits per heavy atom. The van der Waals surface area contributed by atoms with Crippen molar-refractivity contribution in [2.45, 2.75) is 26.4 Å². The smallest absolute Gasteiger partial charge is 0.317 e. The summed E-state index contributed by atoms with van der Waals surface area (Å²) in [5.41, 5.74) is 3.06. The number of carbonyl (C=O) groups is 2. The number of hydrogen-bond donors (Lipinski definition) is 2. The topological polar surface area (TPSA) is 91.2 Å². The number of urea groups is 1. The molecule has 0 saturated heterocycles. The van der Waals surface area contributed by atoms with Gasteiger partial charge in [0.25, 0.3) is 0 Å². The van der Waals surface area contributed by atoms with Gasteiger partial charge in [-0.15, -0.1) is 0 Å². The molecular weight excluding hydrogens is 310 g/mol. The number of amides is 2. The van der Waals surface area contributed by atoms with Gasteiger partial charge in [-0.2, -0.15) is 0 Å². The van der Waals surface area contributed by atoms with Gasteiger partial charge in [-0.3, -0.25) is 4.79 Å². The van der Waals surface area contributed by atoms with E-state index in [1.165, 1.54) is 10.5 Å². The largest absolute Gasteiger partial charge is 0.481 e. The van der Waals surface area contributed by atoms with Crippen molar-refractivity contribution in [3.8, 4) is 0 Å². The summed E-state index contributed by atoms with van der Waals surface area (Å²) in [5, 5.41) is 15.7. The number of carboxylic acid groups (broad SMARTS) is 1. The molecule has 1 aliphatic rings. The quantitative estimate of drug-likeness (QED) is 0.831. The number of aryl methyl sites for hydroxylation is 1. The van der Waals surface area contributed by atoms with Gasteiger partial charge in [0.05, 0.1) is 18.2 Å². The van der Waals surface area contributed by atoms with E-state index in [1.54, 1.807) is 14.0 Å². The lowest BCUT2D eigenvalue weighted by atomic mass is 10.0. The van der Waals surface area contributed by atoms with Gasteiger partial charge < -0.3 is 20.2 Å². The Morgan fingerprint density at radius 1 is 1.42 bits per heavy atom. The summed E-state index contributed by atoms with van der Waals surface area (Å²) in [7, 11) is 1.57. The molecule has 0 fully saturated rings. The van der Waals surface area contributed by atoms with Gasteiger partial charge in [0.15, 0.2) is 6.10 Å². The summed E-state index contributed by atoms with van der Waals surface area (Å²) in [5.74, 6) is -1.54. The molecule has 1 aromatic carbocycles. The predicted molar refractivity (Wildman–Crippen MR) is 90.0 cm³/mol. The molecule has 2 atom stereocenters. The second-order valence-electron chi connectivity index (χ2n) is 6.14. The maximum atomic E-state index is 12.0. The van der Waals surface area contributed by atoms with Crippen molar-refractivity contribution in [3.63, 3.8) is 0 Å². The van der Waals surface area contributed by atoms with Crippen LogP contribution >= 0.6 is 0 Å². The summed E-state index contributed by atoms with van der Waals surface area (Å²) >= 11 is 0. The molecule has 7 nitrogen and oxygen atoms in total. The average Bonchev–Trinajstić information content (AvgIpc) is 3.02. The second kappa shape index (κ2) is 7.81. The van der Waals surface area contributed by atoms with E-state index in [4.69, 9.17) is 9.94 Å². The SMILES string of the molecule is Cc1ccc(C2=NOC(CNC(=O)N(C)CC(C)C(=O)O)C2)cc1. The summed E-state index contributed by atoms with van der Waals surface area (Å²) in [6, 6.07) is 7.71. The van der Waals surface area contributed by atoms with E-state index in [9.17, 15) is 9.59 Å². The fraction of sp³-hybridized carbons (Fsp3) is 0.471. The fourth-order valence-corrected chi connectivity index (χ4v) is 2.36. The van der Waals surface area contributed by atoms with E-state index in [-0.39, 0.29) is 18.7 Å². The summed E-state index contributed by atoms with van der Waals surface area (Å²) in [6.07, 6.45) is 0.411. The number of oxime groups is 1. The first kappa shape index (κ1) is 17.8. The first-order chi connectivity index (χ1) is 11.4. The molecule has 0 radical (unpaired) electrons. The third kappa shape index (κ3) is 4.71. The standard InChI is InChI=1S/C17H23N3O4/c1-11-4-6-13(7-5-11)15-8-14(24-19-15)9-18-17(23)20(3)10-12(2)16(21)22/h4-7,12,14H,8-10H2,1-3H3,(H,18,23)(H,21,22). The second-order valence-corrected chi connectivity index (χ2v) is 6.14. The maximum absolute atomic E-state index is 12.0. The number of carboxylic acids is 1. The Bertz CT molecular complexity index is 627. The van der Waals surface area contributed by atoms with Crippen LogP contribution in [0.25, 0.3) is 0 Å². The molecular formula is C17H23N3O4. The molecule has 7 heteroatoms. The van der Waals surface area contributed by atoms with Gasteiger partial charge in [-0.05, 0) is 12.5 Å². The van der Waals surface area contributed by atoms with Crippen molar-refractivity contribution < 1.29 is 19.5 Å². The summed E-state index contributed by atoms with van der Waals surface area (Å²) in [4.78, 5) is 29.5. The van der Waals surface area contributed by atoms with Gasteiger partial charge in [0.1, 0.15) is 0 Å². The molecule has 24 heavy (non-hydrogen) atoms. The molecule has 0 aromatic heterocycles. The first-order valence-corrected chi connectivity index (χ1v) is 7.88. The lowest BCUT2D eigenvalue weighted by Crippen LogP contribution is -2.43. The van der Waals surface area contributed by atoms with Crippen LogP contribution in [-0.2, 0) is 9.63 Å². The zero-order chi connectivity index (χ0) is 17.7. The van der Waals surface area contributed by atoms with Crippen LogP contribution in [0.4, 0.5) is 4.79 Å². The van der Waals surface area contributed by atoms with Crippen LogP contribution in [0.5, 0.6) is 0 Å². The van der Waals surface area contributed by atoms with Crippen LogP contribution in [0, 0.1) is 12.8 Å². The third-order valence-corrected chi connectivity index (χ3v) is 3.91. The van der Waals surface area contributed by atoms with Gasteiger partial charge >= 0.3 is 12.0 Å². The first-order valence-electron chi connectivity index (χ1n) is 7.88. The van der Waals surface area contributed by atoms with Crippen molar-refractivity contribution in [1.82, 2.24) is 10.2 Å². The minimum Gasteiger partial charge on any atom is -0.481 e. The minimum absolute atomic E-state index is 0.151. The van der Waals surface area contributed by atoms with Crippen molar-refractivity contribution in [1.29, 1.82) is 0 Å². The number of rotatable bonds is 6. The van der Waals surface area contributed by atoms with Crippen LogP contribution in [0.2, 0.25) is 0 Å².